The maximum Gasteiger partial charge on any atom is 0.161 e. The molecule has 20 heavy (non-hydrogen) atoms. The molecule has 4 heteroatoms. The zero-order valence-corrected chi connectivity index (χ0v) is 11.4. The fourth-order valence-corrected chi connectivity index (χ4v) is 1.90. The monoisotopic (exact) mass is 273 g/mol. The Kier molecular flexibility index (Phi) is 4.98. The molecule has 0 bridgehead atoms. The molecule has 0 radical (unpaired) electrons. The molecule has 1 unspecified atom stereocenters. The van der Waals surface area contributed by atoms with Gasteiger partial charge < -0.3 is 20.3 Å². The summed E-state index contributed by atoms with van der Waals surface area (Å²) in [5, 5.41) is 22.6. The van der Waals surface area contributed by atoms with Gasteiger partial charge in [0.1, 0.15) is 6.61 Å². The van der Waals surface area contributed by atoms with Crippen LogP contribution in [0.5, 0.6) is 11.5 Å². The first-order valence-corrected chi connectivity index (χ1v) is 6.53. The number of phenolic OH excluding ortho intramolecular Hbond substituents is 1. The van der Waals surface area contributed by atoms with Gasteiger partial charge in [-0.3, -0.25) is 0 Å². The second-order valence-electron chi connectivity index (χ2n) is 4.57. The molecular formula is C16H19NO3. The van der Waals surface area contributed by atoms with E-state index in [2.05, 4.69) is 5.32 Å². The third-order valence-corrected chi connectivity index (χ3v) is 3.00. The summed E-state index contributed by atoms with van der Waals surface area (Å²) in [5.74, 6) is 0.447. The highest BCUT2D eigenvalue weighted by atomic mass is 16.5. The van der Waals surface area contributed by atoms with Crippen LogP contribution in [-0.2, 0) is 6.61 Å². The summed E-state index contributed by atoms with van der Waals surface area (Å²) < 4.78 is 5.61. The van der Waals surface area contributed by atoms with E-state index >= 15 is 0 Å². The van der Waals surface area contributed by atoms with E-state index in [1.165, 1.54) is 6.07 Å². The van der Waals surface area contributed by atoms with Crippen LogP contribution < -0.4 is 10.1 Å². The highest BCUT2D eigenvalue weighted by molar-refractivity contribution is 5.42. The number of benzene rings is 2. The van der Waals surface area contributed by atoms with Gasteiger partial charge in [-0.1, -0.05) is 36.4 Å². The Hall–Kier alpha value is -2.04. The molecule has 2 rings (SSSR count). The summed E-state index contributed by atoms with van der Waals surface area (Å²) in [4.78, 5) is 0. The minimum Gasteiger partial charge on any atom is -0.504 e. The zero-order chi connectivity index (χ0) is 14.4. The van der Waals surface area contributed by atoms with Gasteiger partial charge in [0.05, 0.1) is 6.10 Å². The second kappa shape index (κ2) is 6.93. The number of aliphatic hydroxyl groups excluding tert-OH is 1. The molecule has 0 saturated heterocycles. The third kappa shape index (κ3) is 3.73. The lowest BCUT2D eigenvalue weighted by Crippen LogP contribution is -2.16. The summed E-state index contributed by atoms with van der Waals surface area (Å²) >= 11 is 0. The summed E-state index contributed by atoms with van der Waals surface area (Å²) in [5.41, 5.74) is 1.73. The smallest absolute Gasteiger partial charge is 0.161 e. The molecule has 0 aliphatic rings. The lowest BCUT2D eigenvalue weighted by atomic mass is 10.1. The van der Waals surface area contributed by atoms with E-state index in [-0.39, 0.29) is 5.75 Å². The number of ether oxygens (including phenoxy) is 1. The molecule has 4 nitrogen and oxygen atoms in total. The molecule has 2 aromatic rings. The van der Waals surface area contributed by atoms with Gasteiger partial charge in [0.15, 0.2) is 11.5 Å². The molecular weight excluding hydrogens is 254 g/mol. The van der Waals surface area contributed by atoms with Gasteiger partial charge in [-0.25, -0.2) is 0 Å². The van der Waals surface area contributed by atoms with Gasteiger partial charge in [-0.05, 0) is 30.3 Å². The van der Waals surface area contributed by atoms with Crippen molar-refractivity contribution in [2.24, 2.45) is 0 Å². The quantitative estimate of drug-likeness (QED) is 0.755. The first-order chi connectivity index (χ1) is 9.70. The van der Waals surface area contributed by atoms with Crippen molar-refractivity contribution < 1.29 is 14.9 Å². The van der Waals surface area contributed by atoms with Crippen LogP contribution in [0.25, 0.3) is 0 Å². The lowest BCUT2D eigenvalue weighted by Gasteiger charge is -2.13. The first-order valence-electron chi connectivity index (χ1n) is 6.53. The highest BCUT2D eigenvalue weighted by Gasteiger charge is 2.10. The van der Waals surface area contributed by atoms with Gasteiger partial charge in [0.2, 0.25) is 0 Å². The van der Waals surface area contributed by atoms with Crippen LogP contribution in [0.4, 0.5) is 0 Å². The Morgan fingerprint density at radius 1 is 1.15 bits per heavy atom. The number of hydrogen-bond donors (Lipinski definition) is 3. The van der Waals surface area contributed by atoms with Crippen LogP contribution in [0.15, 0.2) is 48.5 Å². The Bertz CT molecular complexity index is 543. The van der Waals surface area contributed by atoms with Crippen LogP contribution in [0.1, 0.15) is 17.2 Å². The summed E-state index contributed by atoms with van der Waals surface area (Å²) in [6, 6.07) is 14.6. The van der Waals surface area contributed by atoms with Gasteiger partial charge in [0.25, 0.3) is 0 Å². The summed E-state index contributed by atoms with van der Waals surface area (Å²) in [6.45, 7) is 0.822. The van der Waals surface area contributed by atoms with Crippen molar-refractivity contribution in [3.05, 3.63) is 59.7 Å². The molecule has 3 N–H and O–H groups in total. The van der Waals surface area contributed by atoms with Crippen LogP contribution >= 0.6 is 0 Å². The van der Waals surface area contributed by atoms with E-state index < -0.39 is 6.10 Å². The Morgan fingerprint density at radius 2 is 1.90 bits per heavy atom. The van der Waals surface area contributed by atoms with Gasteiger partial charge >= 0.3 is 0 Å². The van der Waals surface area contributed by atoms with Crippen molar-refractivity contribution in [3.63, 3.8) is 0 Å². The maximum atomic E-state index is 9.92. The second-order valence-corrected chi connectivity index (χ2v) is 4.57. The number of likely N-dealkylation sites (N-methyl/N-ethyl adjacent to an activating group) is 1. The Balaban J connectivity index is 2.08. The Morgan fingerprint density at radius 3 is 2.60 bits per heavy atom. The number of phenols is 1. The standard InChI is InChI=1S/C16H19NO3/c1-17-10-15(19)13-7-8-14(18)16(9-13)20-11-12-5-3-2-4-6-12/h2-9,15,17-19H,10-11H2,1H3. The Labute approximate surface area is 118 Å². The molecule has 0 spiro atoms. The minimum absolute atomic E-state index is 0.0707. The van der Waals surface area contributed by atoms with E-state index in [4.69, 9.17) is 4.74 Å². The molecule has 0 aliphatic heterocycles. The number of rotatable bonds is 6. The van der Waals surface area contributed by atoms with Crippen molar-refractivity contribution in [2.45, 2.75) is 12.7 Å². The fourth-order valence-electron chi connectivity index (χ4n) is 1.90. The fraction of sp³-hybridized carbons (Fsp3) is 0.250. The number of aromatic hydroxyl groups is 1. The summed E-state index contributed by atoms with van der Waals surface area (Å²) in [7, 11) is 1.77. The van der Waals surface area contributed by atoms with E-state index in [9.17, 15) is 10.2 Å². The van der Waals surface area contributed by atoms with Crippen LogP contribution in [-0.4, -0.2) is 23.8 Å². The van der Waals surface area contributed by atoms with Gasteiger partial charge in [-0.2, -0.15) is 0 Å². The van der Waals surface area contributed by atoms with Gasteiger partial charge in [0, 0.05) is 6.54 Å². The van der Waals surface area contributed by atoms with Crippen molar-refractivity contribution in [3.8, 4) is 11.5 Å². The largest absolute Gasteiger partial charge is 0.504 e. The average Bonchev–Trinajstić information content (AvgIpc) is 2.47. The topological polar surface area (TPSA) is 61.7 Å². The number of aliphatic hydroxyl groups is 1. The lowest BCUT2D eigenvalue weighted by molar-refractivity contribution is 0.177. The van der Waals surface area contributed by atoms with Crippen LogP contribution in [0.3, 0.4) is 0 Å². The number of nitrogens with one attached hydrogen (secondary N) is 1. The molecule has 2 aromatic carbocycles. The molecule has 0 aliphatic carbocycles. The zero-order valence-electron chi connectivity index (χ0n) is 11.4. The first kappa shape index (κ1) is 14.4. The van der Waals surface area contributed by atoms with Crippen molar-refractivity contribution in [2.75, 3.05) is 13.6 Å². The molecule has 0 saturated carbocycles. The van der Waals surface area contributed by atoms with E-state index in [1.807, 2.05) is 30.3 Å². The van der Waals surface area contributed by atoms with Gasteiger partial charge in [-0.15, -0.1) is 0 Å². The highest BCUT2D eigenvalue weighted by Crippen LogP contribution is 2.29. The average molecular weight is 273 g/mol. The van der Waals surface area contributed by atoms with Crippen molar-refractivity contribution in [1.82, 2.24) is 5.32 Å². The normalized spacial score (nSPS) is 12.1. The molecule has 0 aromatic heterocycles. The van der Waals surface area contributed by atoms with Crippen molar-refractivity contribution >= 4 is 0 Å². The predicted octanol–water partition coefficient (Wildman–Crippen LogP) is 2.22. The molecule has 0 amide bonds. The summed E-state index contributed by atoms with van der Waals surface area (Å²) in [6.07, 6.45) is -0.625. The molecule has 0 fully saturated rings. The van der Waals surface area contributed by atoms with Crippen molar-refractivity contribution in [1.29, 1.82) is 0 Å². The molecule has 106 valence electrons. The van der Waals surface area contributed by atoms with Crippen LogP contribution in [0.2, 0.25) is 0 Å². The van der Waals surface area contributed by atoms with Crippen LogP contribution in [0, 0.1) is 0 Å². The number of hydrogen-bond acceptors (Lipinski definition) is 4. The minimum atomic E-state index is -0.625. The molecule has 1 atom stereocenters. The third-order valence-electron chi connectivity index (χ3n) is 3.00. The van der Waals surface area contributed by atoms with E-state index in [0.29, 0.717) is 24.5 Å². The maximum absolute atomic E-state index is 9.92. The molecule has 0 heterocycles. The SMILES string of the molecule is CNCC(O)c1ccc(O)c(OCc2ccccc2)c1. The van der Waals surface area contributed by atoms with E-state index in [1.54, 1.807) is 19.2 Å². The van der Waals surface area contributed by atoms with E-state index in [0.717, 1.165) is 5.56 Å². The predicted molar refractivity (Wildman–Crippen MR) is 77.8 cm³/mol.